The molecule has 0 radical (unpaired) electrons. The van der Waals surface area contributed by atoms with E-state index in [-0.39, 0.29) is 0 Å². The normalized spacial score (nSPS) is 10.9. The number of halogens is 1. The zero-order chi connectivity index (χ0) is 10.8. The second-order valence-electron chi connectivity index (χ2n) is 3.65. The Hall–Kier alpha value is -0.490. The lowest BCUT2D eigenvalue weighted by atomic mass is 10.0. The first-order valence-electron chi connectivity index (χ1n) is 4.76. The Morgan fingerprint density at radius 3 is 2.33 bits per heavy atom. The van der Waals surface area contributed by atoms with Gasteiger partial charge in [-0.25, -0.2) is 4.98 Å². The molecule has 0 aliphatic rings. The average Bonchev–Trinajstić information content (AvgIpc) is 2.65. The Morgan fingerprint density at radius 1 is 1.20 bits per heavy atom. The predicted molar refractivity (Wildman–Crippen MR) is 72.2 cm³/mol. The van der Waals surface area contributed by atoms with Crippen molar-refractivity contribution in [2.75, 3.05) is 0 Å². The van der Waals surface area contributed by atoms with Crippen molar-refractivity contribution in [2.24, 2.45) is 0 Å². The largest absolute Gasteiger partial charge is 0.209 e. The minimum Gasteiger partial charge on any atom is -0.209 e. The molecular weight excluding hydrogens is 319 g/mol. The van der Waals surface area contributed by atoms with Crippen molar-refractivity contribution in [1.29, 1.82) is 0 Å². The Kier molecular flexibility index (Phi) is 3.35. The molecule has 0 fully saturated rings. The van der Waals surface area contributed by atoms with Crippen LogP contribution in [0.3, 0.4) is 0 Å². The quantitative estimate of drug-likeness (QED) is 0.780. The van der Waals surface area contributed by atoms with Gasteiger partial charge in [0.1, 0.15) is 0 Å². The summed E-state index contributed by atoms with van der Waals surface area (Å²) >= 11 is 3.62. The van der Waals surface area contributed by atoms with E-state index < -0.39 is 0 Å². The summed E-state index contributed by atoms with van der Waals surface area (Å²) in [4.78, 5) is 4.35. The van der Waals surface area contributed by atoms with Crippen molar-refractivity contribution in [2.45, 2.75) is 19.8 Å². The van der Waals surface area contributed by atoms with Crippen LogP contribution in [-0.4, -0.2) is 9.36 Å². The molecule has 0 aliphatic heterocycles. The summed E-state index contributed by atoms with van der Waals surface area (Å²) < 4.78 is 5.27. The maximum absolute atomic E-state index is 4.35. The summed E-state index contributed by atoms with van der Waals surface area (Å²) in [5.74, 6) is 1.40. The van der Waals surface area contributed by atoms with E-state index in [1.165, 1.54) is 17.1 Å². The van der Waals surface area contributed by atoms with E-state index >= 15 is 0 Å². The monoisotopic (exact) mass is 330 g/mol. The van der Waals surface area contributed by atoms with Gasteiger partial charge in [0.25, 0.3) is 0 Å². The van der Waals surface area contributed by atoms with E-state index in [0.29, 0.717) is 5.92 Å². The topological polar surface area (TPSA) is 25.8 Å². The lowest BCUT2D eigenvalue weighted by Gasteiger charge is -2.04. The molecule has 2 nitrogen and oxygen atoms in total. The molecule has 4 heteroatoms. The van der Waals surface area contributed by atoms with Crippen molar-refractivity contribution < 1.29 is 0 Å². The fourth-order valence-corrected chi connectivity index (χ4v) is 2.30. The lowest BCUT2D eigenvalue weighted by molar-refractivity contribution is 0.867. The lowest BCUT2D eigenvalue weighted by Crippen LogP contribution is -1.87. The molecule has 0 N–H and O–H groups in total. The molecule has 2 aromatic rings. The van der Waals surface area contributed by atoms with E-state index in [4.69, 9.17) is 0 Å². The van der Waals surface area contributed by atoms with Crippen LogP contribution in [0.2, 0.25) is 0 Å². The number of hydrogen-bond donors (Lipinski definition) is 0. The molecule has 15 heavy (non-hydrogen) atoms. The van der Waals surface area contributed by atoms with Crippen LogP contribution in [0.1, 0.15) is 25.3 Å². The predicted octanol–water partition coefficient (Wildman–Crippen LogP) is 3.93. The van der Waals surface area contributed by atoms with Gasteiger partial charge in [0, 0.05) is 5.56 Å². The highest BCUT2D eigenvalue weighted by Crippen LogP contribution is 2.22. The van der Waals surface area contributed by atoms with Crippen molar-refractivity contribution in [1.82, 2.24) is 9.36 Å². The highest BCUT2D eigenvalue weighted by molar-refractivity contribution is 14.1. The van der Waals surface area contributed by atoms with Gasteiger partial charge >= 0.3 is 0 Å². The maximum atomic E-state index is 4.35. The molecule has 0 saturated carbocycles. The first kappa shape index (κ1) is 11.0. The SMILES string of the molecule is CC(C)c1ccc(-c2nsc(I)n2)cc1. The van der Waals surface area contributed by atoms with Gasteiger partial charge in [-0.3, -0.25) is 0 Å². The van der Waals surface area contributed by atoms with E-state index in [1.807, 2.05) is 0 Å². The minimum absolute atomic E-state index is 0.572. The second-order valence-corrected chi connectivity index (χ2v) is 6.15. The molecule has 1 heterocycles. The molecule has 0 atom stereocenters. The fourth-order valence-electron chi connectivity index (χ4n) is 1.34. The molecule has 0 unspecified atom stereocenters. The molecular formula is C11H11IN2S. The Bertz CT molecular complexity index is 448. The standard InChI is InChI=1S/C11H11IN2S/c1-7(2)8-3-5-9(6-4-8)10-13-11(12)15-14-10/h3-7H,1-2H3. The van der Waals surface area contributed by atoms with Crippen LogP contribution in [-0.2, 0) is 0 Å². The molecule has 78 valence electrons. The molecule has 0 saturated heterocycles. The number of rotatable bonds is 2. The van der Waals surface area contributed by atoms with Gasteiger partial charge in [-0.1, -0.05) is 38.1 Å². The highest BCUT2D eigenvalue weighted by atomic mass is 127. The van der Waals surface area contributed by atoms with Gasteiger partial charge in [-0.05, 0) is 45.6 Å². The van der Waals surface area contributed by atoms with Gasteiger partial charge < -0.3 is 0 Å². The van der Waals surface area contributed by atoms with Crippen molar-refractivity contribution in [3.8, 4) is 11.4 Å². The van der Waals surface area contributed by atoms with Gasteiger partial charge in [-0.2, -0.15) is 4.37 Å². The Balaban J connectivity index is 2.31. The van der Waals surface area contributed by atoms with E-state index in [2.05, 4.69) is 70.1 Å². The minimum atomic E-state index is 0.572. The third-order valence-corrected chi connectivity index (χ3v) is 3.58. The number of benzene rings is 1. The number of hydrogen-bond acceptors (Lipinski definition) is 3. The molecule has 2 rings (SSSR count). The van der Waals surface area contributed by atoms with Crippen LogP contribution < -0.4 is 0 Å². The van der Waals surface area contributed by atoms with Crippen LogP contribution in [0.5, 0.6) is 0 Å². The van der Waals surface area contributed by atoms with Crippen LogP contribution in [0.15, 0.2) is 24.3 Å². The highest BCUT2D eigenvalue weighted by Gasteiger charge is 2.05. The zero-order valence-electron chi connectivity index (χ0n) is 8.57. The second kappa shape index (κ2) is 4.57. The van der Waals surface area contributed by atoms with Crippen LogP contribution in [0, 0.1) is 3.01 Å². The Labute approximate surface area is 107 Å². The number of nitrogens with zero attached hydrogens (tertiary/aromatic N) is 2. The van der Waals surface area contributed by atoms with Gasteiger partial charge in [-0.15, -0.1) is 0 Å². The van der Waals surface area contributed by atoms with E-state index in [9.17, 15) is 0 Å². The summed E-state index contributed by atoms with van der Waals surface area (Å²) in [5.41, 5.74) is 2.45. The summed E-state index contributed by atoms with van der Waals surface area (Å²) in [7, 11) is 0. The van der Waals surface area contributed by atoms with Crippen LogP contribution >= 0.6 is 34.1 Å². The number of aromatic nitrogens is 2. The summed E-state index contributed by atoms with van der Waals surface area (Å²) in [6.45, 7) is 4.39. The maximum Gasteiger partial charge on any atom is 0.174 e. The van der Waals surface area contributed by atoms with Crippen LogP contribution in [0.4, 0.5) is 0 Å². The smallest absolute Gasteiger partial charge is 0.174 e. The first-order valence-corrected chi connectivity index (χ1v) is 6.61. The third-order valence-electron chi connectivity index (χ3n) is 2.24. The molecule has 1 aromatic heterocycles. The van der Waals surface area contributed by atoms with Crippen molar-refractivity contribution in [3.63, 3.8) is 0 Å². The summed E-state index contributed by atoms with van der Waals surface area (Å²) in [6.07, 6.45) is 0. The third kappa shape index (κ3) is 2.55. The zero-order valence-corrected chi connectivity index (χ0v) is 11.5. The molecule has 0 spiro atoms. The van der Waals surface area contributed by atoms with Crippen molar-refractivity contribution in [3.05, 3.63) is 32.8 Å². The average molecular weight is 330 g/mol. The van der Waals surface area contributed by atoms with Gasteiger partial charge in [0.2, 0.25) is 0 Å². The fraction of sp³-hybridized carbons (Fsp3) is 0.273. The first-order chi connectivity index (χ1) is 7.16. The van der Waals surface area contributed by atoms with E-state index in [1.54, 1.807) is 0 Å². The van der Waals surface area contributed by atoms with Crippen molar-refractivity contribution >= 4 is 34.1 Å². The van der Waals surface area contributed by atoms with E-state index in [0.717, 1.165) is 14.4 Å². The molecule has 1 aromatic carbocycles. The van der Waals surface area contributed by atoms with Crippen LogP contribution in [0.25, 0.3) is 11.4 Å². The van der Waals surface area contributed by atoms with Gasteiger partial charge in [0.15, 0.2) is 8.84 Å². The molecule has 0 bridgehead atoms. The van der Waals surface area contributed by atoms with Gasteiger partial charge in [0.05, 0.1) is 0 Å². The summed E-state index contributed by atoms with van der Waals surface area (Å²) in [6, 6.07) is 8.47. The summed E-state index contributed by atoms with van der Waals surface area (Å²) in [5, 5.41) is 0. The Morgan fingerprint density at radius 2 is 1.87 bits per heavy atom. The molecule has 0 aliphatic carbocycles. The molecule has 0 amide bonds.